The number of carboxylic acid groups (broad SMARTS) is 1. The molecule has 136 valence electrons. The molecule has 0 aliphatic carbocycles. The number of nitrogens with zero attached hydrogens (tertiary/aromatic N) is 1. The Morgan fingerprint density at radius 3 is 2.65 bits per heavy atom. The molecule has 0 radical (unpaired) electrons. The van der Waals surface area contributed by atoms with Gasteiger partial charge in [-0.2, -0.15) is 0 Å². The Hall–Kier alpha value is -3.02. The first-order chi connectivity index (χ1) is 12.5. The van der Waals surface area contributed by atoms with Crippen molar-refractivity contribution in [1.29, 1.82) is 0 Å². The topological polar surface area (TPSA) is 76.1 Å². The van der Waals surface area contributed by atoms with Gasteiger partial charge in [0.15, 0.2) is 6.10 Å². The molecule has 1 N–H and O–H groups in total. The molecule has 0 saturated heterocycles. The lowest BCUT2D eigenvalue weighted by Crippen LogP contribution is -2.45. The largest absolute Gasteiger partial charge is 0.494 e. The summed E-state index contributed by atoms with van der Waals surface area (Å²) in [5, 5.41) is 8.89. The zero-order valence-electron chi connectivity index (χ0n) is 14.8. The lowest BCUT2D eigenvalue weighted by molar-refractivity contribution is -0.125. The molecule has 6 heteroatoms. The number of benzene rings is 2. The molecule has 0 bridgehead atoms. The summed E-state index contributed by atoms with van der Waals surface area (Å²) in [7, 11) is 0. The van der Waals surface area contributed by atoms with Gasteiger partial charge in [-0.1, -0.05) is 6.07 Å². The van der Waals surface area contributed by atoms with Crippen LogP contribution in [0.3, 0.4) is 0 Å². The van der Waals surface area contributed by atoms with Crippen LogP contribution >= 0.6 is 0 Å². The van der Waals surface area contributed by atoms with Crippen LogP contribution in [0.15, 0.2) is 42.5 Å². The third-order valence-corrected chi connectivity index (χ3v) is 4.22. The number of anilines is 1. The van der Waals surface area contributed by atoms with Crippen molar-refractivity contribution in [2.24, 2.45) is 0 Å². The van der Waals surface area contributed by atoms with Gasteiger partial charge in [-0.15, -0.1) is 0 Å². The van der Waals surface area contributed by atoms with Crippen molar-refractivity contribution in [2.45, 2.75) is 26.4 Å². The van der Waals surface area contributed by atoms with Gasteiger partial charge in [-0.05, 0) is 62.2 Å². The number of hydrogen-bond acceptors (Lipinski definition) is 4. The first kappa shape index (κ1) is 17.8. The first-order valence-corrected chi connectivity index (χ1v) is 8.50. The van der Waals surface area contributed by atoms with Gasteiger partial charge in [0.05, 0.1) is 17.9 Å². The molecule has 0 fully saturated rings. The van der Waals surface area contributed by atoms with Gasteiger partial charge in [-0.25, -0.2) is 4.79 Å². The molecule has 0 saturated carbocycles. The van der Waals surface area contributed by atoms with Crippen LogP contribution < -0.4 is 14.4 Å². The number of ether oxygens (including phenoxy) is 2. The van der Waals surface area contributed by atoms with Crippen molar-refractivity contribution in [2.75, 3.05) is 18.1 Å². The normalized spacial score (nSPS) is 16.0. The Balaban J connectivity index is 1.59. The molecule has 6 nitrogen and oxygen atoms in total. The van der Waals surface area contributed by atoms with Crippen LogP contribution in [0.1, 0.15) is 29.3 Å². The van der Waals surface area contributed by atoms with Crippen molar-refractivity contribution < 1.29 is 24.2 Å². The highest BCUT2D eigenvalue weighted by Crippen LogP contribution is 2.34. The Bertz CT molecular complexity index is 815. The van der Waals surface area contributed by atoms with E-state index in [9.17, 15) is 9.59 Å². The van der Waals surface area contributed by atoms with E-state index in [1.165, 1.54) is 12.1 Å². The van der Waals surface area contributed by atoms with E-state index in [4.69, 9.17) is 14.6 Å². The molecule has 1 atom stereocenters. The van der Waals surface area contributed by atoms with E-state index in [1.807, 2.05) is 25.1 Å². The summed E-state index contributed by atoms with van der Waals surface area (Å²) in [6.45, 7) is 4.68. The second kappa shape index (κ2) is 7.47. The smallest absolute Gasteiger partial charge is 0.335 e. The number of carbonyl (C=O) groups excluding carboxylic acids is 1. The van der Waals surface area contributed by atoms with E-state index in [0.717, 1.165) is 17.0 Å². The molecule has 2 aromatic carbocycles. The summed E-state index contributed by atoms with van der Waals surface area (Å²) < 4.78 is 11.3. The number of aromatic carboxylic acids is 1. The Morgan fingerprint density at radius 1 is 1.23 bits per heavy atom. The van der Waals surface area contributed by atoms with Crippen LogP contribution in [-0.2, 0) is 4.79 Å². The first-order valence-electron chi connectivity index (χ1n) is 8.50. The van der Waals surface area contributed by atoms with Gasteiger partial charge in [-0.3, -0.25) is 4.79 Å². The quantitative estimate of drug-likeness (QED) is 0.805. The summed E-state index contributed by atoms with van der Waals surface area (Å²) in [5.41, 5.74) is 2.08. The van der Waals surface area contributed by atoms with Crippen molar-refractivity contribution in [1.82, 2.24) is 0 Å². The molecular formula is C20H21NO5. The predicted molar refractivity (Wildman–Crippen MR) is 97.1 cm³/mol. The minimum atomic E-state index is -0.967. The van der Waals surface area contributed by atoms with Crippen molar-refractivity contribution >= 4 is 17.6 Å². The minimum Gasteiger partial charge on any atom is -0.494 e. The number of fused-ring (bicyclic) bond motifs is 1. The number of amides is 1. The van der Waals surface area contributed by atoms with Gasteiger partial charge >= 0.3 is 5.97 Å². The van der Waals surface area contributed by atoms with E-state index >= 15 is 0 Å². The fourth-order valence-corrected chi connectivity index (χ4v) is 2.85. The standard InChI is InChI=1S/C20H21NO5/c1-13-4-9-17-18(12-13)26-14(2)19(22)21(17)10-3-11-25-16-7-5-15(6-8-16)20(23)24/h4-9,12,14H,3,10-11H2,1-2H3,(H,23,24). The Kier molecular flexibility index (Phi) is 5.11. The van der Waals surface area contributed by atoms with Gasteiger partial charge in [0.25, 0.3) is 5.91 Å². The van der Waals surface area contributed by atoms with Crippen LogP contribution in [0.2, 0.25) is 0 Å². The maximum atomic E-state index is 12.4. The molecule has 1 amide bonds. The zero-order valence-corrected chi connectivity index (χ0v) is 14.8. The van der Waals surface area contributed by atoms with Crippen LogP contribution in [0.5, 0.6) is 11.5 Å². The minimum absolute atomic E-state index is 0.0628. The monoisotopic (exact) mass is 355 g/mol. The summed E-state index contributed by atoms with van der Waals surface area (Å²) in [5.74, 6) is 0.299. The molecule has 0 aromatic heterocycles. The molecule has 2 aromatic rings. The fraction of sp³-hybridized carbons (Fsp3) is 0.300. The van der Waals surface area contributed by atoms with E-state index < -0.39 is 12.1 Å². The highest BCUT2D eigenvalue weighted by molar-refractivity contribution is 5.99. The second-order valence-electron chi connectivity index (χ2n) is 6.25. The van der Waals surface area contributed by atoms with Gasteiger partial charge in [0, 0.05) is 6.54 Å². The molecule has 1 heterocycles. The maximum absolute atomic E-state index is 12.4. The lowest BCUT2D eigenvalue weighted by atomic mass is 10.1. The molecule has 1 unspecified atom stereocenters. The van der Waals surface area contributed by atoms with Crippen LogP contribution in [-0.4, -0.2) is 36.2 Å². The van der Waals surface area contributed by atoms with E-state index in [1.54, 1.807) is 24.0 Å². The van der Waals surface area contributed by atoms with Crippen molar-refractivity contribution in [3.63, 3.8) is 0 Å². The lowest BCUT2D eigenvalue weighted by Gasteiger charge is -2.33. The second-order valence-corrected chi connectivity index (χ2v) is 6.25. The van der Waals surface area contributed by atoms with E-state index in [0.29, 0.717) is 25.3 Å². The molecule has 1 aliphatic rings. The SMILES string of the molecule is Cc1ccc2c(c1)OC(C)C(=O)N2CCCOc1ccc(C(=O)O)cc1. The third kappa shape index (κ3) is 3.79. The number of aryl methyl sites for hydroxylation is 1. The van der Waals surface area contributed by atoms with Gasteiger partial charge in [0.1, 0.15) is 11.5 Å². The number of carboxylic acids is 1. The van der Waals surface area contributed by atoms with Gasteiger partial charge < -0.3 is 19.5 Å². The van der Waals surface area contributed by atoms with Crippen LogP contribution in [0.4, 0.5) is 5.69 Å². The fourth-order valence-electron chi connectivity index (χ4n) is 2.85. The predicted octanol–water partition coefficient (Wildman–Crippen LogP) is 3.28. The van der Waals surface area contributed by atoms with Gasteiger partial charge in [0.2, 0.25) is 0 Å². The Morgan fingerprint density at radius 2 is 1.96 bits per heavy atom. The average Bonchev–Trinajstić information content (AvgIpc) is 2.62. The van der Waals surface area contributed by atoms with Crippen molar-refractivity contribution in [3.05, 3.63) is 53.6 Å². The molecule has 1 aliphatic heterocycles. The summed E-state index contributed by atoms with van der Waals surface area (Å²) in [6, 6.07) is 12.1. The van der Waals surface area contributed by atoms with Crippen LogP contribution in [0.25, 0.3) is 0 Å². The Labute approximate surface area is 152 Å². The van der Waals surface area contributed by atoms with Crippen LogP contribution in [0, 0.1) is 6.92 Å². The third-order valence-electron chi connectivity index (χ3n) is 4.22. The summed E-state index contributed by atoms with van der Waals surface area (Å²) >= 11 is 0. The maximum Gasteiger partial charge on any atom is 0.335 e. The molecule has 0 spiro atoms. The van der Waals surface area contributed by atoms with E-state index in [-0.39, 0.29) is 11.5 Å². The molecule has 3 rings (SSSR count). The highest BCUT2D eigenvalue weighted by atomic mass is 16.5. The summed E-state index contributed by atoms with van der Waals surface area (Å²) in [4.78, 5) is 25.0. The molecule has 26 heavy (non-hydrogen) atoms. The number of rotatable bonds is 6. The van der Waals surface area contributed by atoms with Crippen molar-refractivity contribution in [3.8, 4) is 11.5 Å². The average molecular weight is 355 g/mol. The zero-order chi connectivity index (χ0) is 18.7. The summed E-state index contributed by atoms with van der Waals surface area (Å²) in [6.07, 6.45) is 0.140. The number of carbonyl (C=O) groups is 2. The highest BCUT2D eigenvalue weighted by Gasteiger charge is 2.31. The number of hydrogen-bond donors (Lipinski definition) is 1. The van der Waals surface area contributed by atoms with E-state index in [2.05, 4.69) is 0 Å². The molecular weight excluding hydrogens is 334 g/mol.